The standard InChI is InChI=1S/C31H23N/c1-3-19-32-30(4-2)21-17-18-25-24-13-7-10-16-28(24)31(29(25)20-21)26-14-8-5-11-22(26)23-12-6-9-15-27(23)31/h3-20H,1H2,2H3/b30-4-,32-19?. The third-order valence-corrected chi connectivity index (χ3v) is 6.89. The minimum atomic E-state index is -0.309. The Morgan fingerprint density at radius 3 is 1.69 bits per heavy atom. The minimum Gasteiger partial charge on any atom is -0.257 e. The molecule has 0 saturated carbocycles. The summed E-state index contributed by atoms with van der Waals surface area (Å²) in [4.78, 5) is 4.63. The van der Waals surface area contributed by atoms with Crippen LogP contribution < -0.4 is 0 Å². The van der Waals surface area contributed by atoms with E-state index in [1.54, 1.807) is 12.3 Å². The first-order chi connectivity index (χ1) is 15.8. The van der Waals surface area contributed by atoms with Crippen LogP contribution in [-0.4, -0.2) is 6.21 Å². The van der Waals surface area contributed by atoms with Gasteiger partial charge in [0.05, 0.1) is 11.1 Å². The molecule has 2 aliphatic carbocycles. The largest absolute Gasteiger partial charge is 0.257 e. The van der Waals surface area contributed by atoms with Crippen molar-refractivity contribution in [1.82, 2.24) is 0 Å². The molecule has 4 aromatic carbocycles. The highest BCUT2D eigenvalue weighted by atomic mass is 14.7. The van der Waals surface area contributed by atoms with E-state index in [1.165, 1.54) is 44.5 Å². The van der Waals surface area contributed by atoms with Gasteiger partial charge in [-0.3, -0.25) is 4.99 Å². The maximum absolute atomic E-state index is 4.63. The summed E-state index contributed by atoms with van der Waals surface area (Å²) in [6.07, 6.45) is 5.54. The van der Waals surface area contributed by atoms with Gasteiger partial charge >= 0.3 is 0 Å². The third-order valence-electron chi connectivity index (χ3n) is 6.89. The topological polar surface area (TPSA) is 12.4 Å². The van der Waals surface area contributed by atoms with E-state index in [-0.39, 0.29) is 5.41 Å². The molecule has 0 aliphatic heterocycles. The van der Waals surface area contributed by atoms with E-state index in [1.807, 2.05) is 6.92 Å². The van der Waals surface area contributed by atoms with Crippen LogP contribution in [0.1, 0.15) is 34.7 Å². The summed E-state index contributed by atoms with van der Waals surface area (Å²) in [6, 6.07) is 33.5. The van der Waals surface area contributed by atoms with Gasteiger partial charge in [0.15, 0.2) is 0 Å². The van der Waals surface area contributed by atoms with Crippen molar-refractivity contribution in [3.05, 3.63) is 138 Å². The molecule has 0 heterocycles. The SMILES string of the molecule is C=CC=N/C(=C\C)c1ccc2c(c1)C1(c3ccccc3-c3ccccc31)c1ccccc1-2. The molecule has 0 N–H and O–H groups in total. The van der Waals surface area contributed by atoms with Gasteiger partial charge in [-0.25, -0.2) is 0 Å². The molecular formula is C31H23N. The van der Waals surface area contributed by atoms with Crippen molar-refractivity contribution in [2.75, 3.05) is 0 Å². The van der Waals surface area contributed by atoms with Crippen molar-refractivity contribution >= 4 is 11.9 Å². The molecule has 0 unspecified atom stereocenters. The van der Waals surface area contributed by atoms with E-state index in [2.05, 4.69) is 109 Å². The van der Waals surface area contributed by atoms with E-state index in [4.69, 9.17) is 0 Å². The minimum absolute atomic E-state index is 0.309. The smallest absolute Gasteiger partial charge is 0.0725 e. The summed E-state index contributed by atoms with van der Waals surface area (Å²) in [5.41, 5.74) is 12.5. The van der Waals surface area contributed by atoms with Crippen LogP contribution in [0, 0.1) is 0 Å². The molecule has 4 aromatic rings. The molecule has 1 heteroatoms. The zero-order valence-corrected chi connectivity index (χ0v) is 18.0. The summed E-state index contributed by atoms with van der Waals surface area (Å²) in [5, 5.41) is 0. The number of fused-ring (bicyclic) bond motifs is 10. The van der Waals surface area contributed by atoms with E-state index < -0.39 is 0 Å². The van der Waals surface area contributed by atoms with Crippen LogP contribution in [0.25, 0.3) is 28.0 Å². The first-order valence-electron chi connectivity index (χ1n) is 11.1. The lowest BCUT2D eigenvalue weighted by Gasteiger charge is -2.30. The quantitative estimate of drug-likeness (QED) is 0.266. The fourth-order valence-electron chi connectivity index (χ4n) is 5.70. The molecule has 0 saturated heterocycles. The maximum atomic E-state index is 4.63. The number of nitrogens with zero attached hydrogens (tertiary/aromatic N) is 1. The molecule has 0 aromatic heterocycles. The monoisotopic (exact) mass is 409 g/mol. The van der Waals surface area contributed by atoms with Gasteiger partial charge in [-0.1, -0.05) is 104 Å². The normalized spacial score (nSPS) is 14.8. The molecule has 6 rings (SSSR count). The lowest BCUT2D eigenvalue weighted by atomic mass is 9.70. The van der Waals surface area contributed by atoms with E-state index in [0.29, 0.717) is 0 Å². The van der Waals surface area contributed by atoms with E-state index in [9.17, 15) is 0 Å². The van der Waals surface area contributed by atoms with Gasteiger partial charge in [0, 0.05) is 11.8 Å². The molecule has 0 bridgehead atoms. The number of hydrogen-bond donors (Lipinski definition) is 0. The van der Waals surface area contributed by atoms with E-state index in [0.717, 1.165) is 11.3 Å². The first kappa shape index (κ1) is 18.8. The molecule has 0 fully saturated rings. The van der Waals surface area contributed by atoms with Gasteiger partial charge < -0.3 is 0 Å². The Balaban J connectivity index is 1.74. The molecule has 1 nitrogen and oxygen atoms in total. The second-order valence-electron chi connectivity index (χ2n) is 8.33. The zero-order chi connectivity index (χ0) is 21.7. The van der Waals surface area contributed by atoms with Gasteiger partial charge in [-0.2, -0.15) is 0 Å². The van der Waals surface area contributed by atoms with Crippen LogP contribution in [0.5, 0.6) is 0 Å². The van der Waals surface area contributed by atoms with Crippen molar-refractivity contribution < 1.29 is 0 Å². The molecule has 152 valence electrons. The Morgan fingerprint density at radius 2 is 1.19 bits per heavy atom. The molecule has 2 aliphatic rings. The van der Waals surface area contributed by atoms with Crippen molar-refractivity contribution in [1.29, 1.82) is 0 Å². The Kier molecular flexibility index (Phi) is 4.13. The average molecular weight is 410 g/mol. The van der Waals surface area contributed by atoms with Gasteiger partial charge in [-0.15, -0.1) is 0 Å². The van der Waals surface area contributed by atoms with Crippen LogP contribution in [-0.2, 0) is 5.41 Å². The number of allylic oxidation sites excluding steroid dienone is 2. The predicted molar refractivity (Wildman–Crippen MR) is 135 cm³/mol. The van der Waals surface area contributed by atoms with Crippen molar-refractivity contribution in [2.45, 2.75) is 12.3 Å². The van der Waals surface area contributed by atoms with Crippen LogP contribution in [0.15, 0.2) is 115 Å². The summed E-state index contributed by atoms with van der Waals surface area (Å²) < 4.78 is 0. The Hall–Kier alpha value is -3.97. The highest BCUT2D eigenvalue weighted by Gasteiger charge is 2.51. The summed E-state index contributed by atoms with van der Waals surface area (Å²) in [5.74, 6) is 0. The van der Waals surface area contributed by atoms with Crippen LogP contribution >= 0.6 is 0 Å². The molecule has 32 heavy (non-hydrogen) atoms. The van der Waals surface area contributed by atoms with Gasteiger partial charge in [-0.05, 0) is 57.5 Å². The fourth-order valence-corrected chi connectivity index (χ4v) is 5.70. The summed E-state index contributed by atoms with van der Waals surface area (Å²) >= 11 is 0. The number of aliphatic imine (C=N–C) groups is 1. The molecule has 1 spiro atoms. The lowest BCUT2D eigenvalue weighted by Crippen LogP contribution is -2.25. The van der Waals surface area contributed by atoms with Crippen molar-refractivity contribution in [3.8, 4) is 22.3 Å². The van der Waals surface area contributed by atoms with Crippen LogP contribution in [0.2, 0.25) is 0 Å². The molecule has 0 amide bonds. The van der Waals surface area contributed by atoms with Crippen LogP contribution in [0.3, 0.4) is 0 Å². The fraction of sp³-hybridized carbons (Fsp3) is 0.0645. The first-order valence-corrected chi connectivity index (χ1v) is 11.1. The van der Waals surface area contributed by atoms with Crippen molar-refractivity contribution in [2.24, 2.45) is 4.99 Å². The number of rotatable bonds is 3. The van der Waals surface area contributed by atoms with Crippen molar-refractivity contribution in [3.63, 3.8) is 0 Å². The average Bonchev–Trinajstić information content (AvgIpc) is 3.32. The number of benzene rings is 4. The molecule has 0 radical (unpaired) electrons. The second kappa shape index (κ2) is 7.03. The molecule has 0 atom stereocenters. The predicted octanol–water partition coefficient (Wildman–Crippen LogP) is 7.65. The third kappa shape index (κ3) is 2.31. The Bertz CT molecular complexity index is 1390. The Morgan fingerprint density at radius 1 is 0.688 bits per heavy atom. The Labute approximate surface area is 189 Å². The molecular weight excluding hydrogens is 386 g/mol. The second-order valence-corrected chi connectivity index (χ2v) is 8.33. The lowest BCUT2D eigenvalue weighted by molar-refractivity contribution is 0.793. The zero-order valence-electron chi connectivity index (χ0n) is 18.0. The van der Waals surface area contributed by atoms with Gasteiger partial charge in [0.1, 0.15) is 0 Å². The highest BCUT2D eigenvalue weighted by Crippen LogP contribution is 2.62. The summed E-state index contributed by atoms with van der Waals surface area (Å²) in [6.45, 7) is 5.81. The van der Waals surface area contributed by atoms with Crippen LogP contribution in [0.4, 0.5) is 0 Å². The van der Waals surface area contributed by atoms with Gasteiger partial charge in [0.25, 0.3) is 0 Å². The van der Waals surface area contributed by atoms with Gasteiger partial charge in [0.2, 0.25) is 0 Å². The number of hydrogen-bond acceptors (Lipinski definition) is 1. The van der Waals surface area contributed by atoms with E-state index >= 15 is 0 Å². The summed E-state index contributed by atoms with van der Waals surface area (Å²) in [7, 11) is 0. The highest BCUT2D eigenvalue weighted by molar-refractivity contribution is 5.95. The maximum Gasteiger partial charge on any atom is 0.0725 e.